The summed E-state index contributed by atoms with van der Waals surface area (Å²) in [7, 11) is 0. The molecule has 0 aliphatic carbocycles. The normalized spacial score (nSPS) is 10.6. The minimum atomic E-state index is -0.420. The minimum absolute atomic E-state index is 0.148. The maximum atomic E-state index is 12.4. The average Bonchev–Trinajstić information content (AvgIpc) is 3.13. The Kier molecular flexibility index (Phi) is 6.33. The van der Waals surface area contributed by atoms with E-state index in [1.165, 1.54) is 0 Å². The van der Waals surface area contributed by atoms with Crippen LogP contribution in [0.2, 0.25) is 0 Å². The largest absolute Gasteiger partial charge is 0.489 e. The highest BCUT2D eigenvalue weighted by Crippen LogP contribution is 2.19. The van der Waals surface area contributed by atoms with Gasteiger partial charge in [-0.1, -0.05) is 30.3 Å². The Balaban J connectivity index is 1.30. The summed E-state index contributed by atoms with van der Waals surface area (Å²) in [6.07, 6.45) is 0.763. The summed E-state index contributed by atoms with van der Waals surface area (Å²) in [6.45, 7) is 0.717. The van der Waals surface area contributed by atoms with Gasteiger partial charge in [-0.25, -0.2) is 4.79 Å². The Labute approximate surface area is 184 Å². The Morgan fingerprint density at radius 3 is 2.78 bits per heavy atom. The first kappa shape index (κ1) is 20.9. The predicted octanol–water partition coefficient (Wildman–Crippen LogP) is 4.46. The number of fused-ring (bicyclic) bond motifs is 1. The lowest BCUT2D eigenvalue weighted by molar-refractivity contribution is -0.116. The van der Waals surface area contributed by atoms with E-state index in [4.69, 9.17) is 14.4 Å². The van der Waals surface area contributed by atoms with Crippen LogP contribution in [0.3, 0.4) is 0 Å². The fraction of sp³-hybridized carbons (Fsp3) is 0.160. The van der Waals surface area contributed by atoms with Crippen LogP contribution in [0.25, 0.3) is 11.1 Å². The predicted molar refractivity (Wildman–Crippen MR) is 120 cm³/mol. The van der Waals surface area contributed by atoms with E-state index < -0.39 is 5.76 Å². The Bertz CT molecular complexity index is 1350. The molecule has 0 spiro atoms. The molecule has 4 aromatic rings. The Hall–Kier alpha value is -4.31. The number of oxazole rings is 1. The highest BCUT2D eigenvalue weighted by molar-refractivity contribution is 5.90. The van der Waals surface area contributed by atoms with Gasteiger partial charge in [-0.2, -0.15) is 5.26 Å². The van der Waals surface area contributed by atoms with Crippen LogP contribution in [0, 0.1) is 11.3 Å². The van der Waals surface area contributed by atoms with E-state index in [0.717, 1.165) is 11.1 Å². The number of amides is 1. The number of carbonyl (C=O) groups excluding carboxylic acids is 1. The molecule has 0 fully saturated rings. The van der Waals surface area contributed by atoms with Crippen molar-refractivity contribution >= 4 is 22.7 Å². The molecule has 1 amide bonds. The van der Waals surface area contributed by atoms with Gasteiger partial charge in [0.05, 0.1) is 17.1 Å². The highest BCUT2D eigenvalue weighted by Gasteiger charge is 2.10. The molecule has 1 aromatic heterocycles. The van der Waals surface area contributed by atoms with Gasteiger partial charge in [0.1, 0.15) is 12.4 Å². The van der Waals surface area contributed by atoms with Crippen molar-refractivity contribution in [2.75, 3.05) is 5.32 Å². The second-order valence-corrected chi connectivity index (χ2v) is 7.27. The number of carbonyl (C=O) groups is 1. The number of rotatable bonds is 8. The second kappa shape index (κ2) is 9.67. The van der Waals surface area contributed by atoms with Gasteiger partial charge in [0.2, 0.25) is 5.91 Å². The van der Waals surface area contributed by atoms with Crippen molar-refractivity contribution in [2.45, 2.75) is 26.0 Å². The number of anilines is 1. The molecule has 7 nitrogen and oxygen atoms in total. The fourth-order valence-electron chi connectivity index (χ4n) is 3.41. The smallest absolute Gasteiger partial charge is 0.419 e. The van der Waals surface area contributed by atoms with Crippen molar-refractivity contribution in [3.05, 3.63) is 94.5 Å². The highest BCUT2D eigenvalue weighted by atomic mass is 16.5. The van der Waals surface area contributed by atoms with Crippen LogP contribution in [-0.4, -0.2) is 10.5 Å². The summed E-state index contributed by atoms with van der Waals surface area (Å²) in [5.41, 5.74) is 3.36. The number of ether oxygens (including phenoxy) is 1. The summed E-state index contributed by atoms with van der Waals surface area (Å²) in [5.74, 6) is 0.0445. The van der Waals surface area contributed by atoms with Crippen LogP contribution in [0.15, 0.2) is 82.0 Å². The molecule has 0 aliphatic heterocycles. The quantitative estimate of drug-likeness (QED) is 0.448. The van der Waals surface area contributed by atoms with Gasteiger partial charge < -0.3 is 14.5 Å². The van der Waals surface area contributed by atoms with Crippen molar-refractivity contribution in [2.24, 2.45) is 0 Å². The van der Waals surface area contributed by atoms with Crippen molar-refractivity contribution in [1.29, 1.82) is 5.26 Å². The maximum absolute atomic E-state index is 12.4. The van der Waals surface area contributed by atoms with Gasteiger partial charge in [-0.15, -0.1) is 0 Å². The van der Waals surface area contributed by atoms with Crippen molar-refractivity contribution in [3.8, 4) is 11.8 Å². The summed E-state index contributed by atoms with van der Waals surface area (Å²) in [5, 5.41) is 11.8. The third kappa shape index (κ3) is 5.05. The lowest BCUT2D eigenvalue weighted by Crippen LogP contribution is -2.17. The first-order chi connectivity index (χ1) is 15.6. The zero-order chi connectivity index (χ0) is 22.3. The van der Waals surface area contributed by atoms with E-state index >= 15 is 0 Å². The molecule has 0 saturated heterocycles. The average molecular weight is 427 g/mol. The Morgan fingerprint density at radius 2 is 1.91 bits per heavy atom. The van der Waals surface area contributed by atoms with Gasteiger partial charge in [0.25, 0.3) is 0 Å². The van der Waals surface area contributed by atoms with Crippen LogP contribution in [0.1, 0.15) is 24.0 Å². The molecule has 1 heterocycles. The van der Waals surface area contributed by atoms with Gasteiger partial charge in [-0.05, 0) is 48.4 Å². The van der Waals surface area contributed by atoms with E-state index in [0.29, 0.717) is 42.2 Å². The third-order valence-electron chi connectivity index (χ3n) is 4.94. The van der Waals surface area contributed by atoms with E-state index in [-0.39, 0.29) is 12.3 Å². The van der Waals surface area contributed by atoms with Gasteiger partial charge >= 0.3 is 5.76 Å². The number of nitriles is 1. The van der Waals surface area contributed by atoms with E-state index in [1.807, 2.05) is 30.3 Å². The number of aromatic nitrogens is 1. The maximum Gasteiger partial charge on any atom is 0.419 e. The monoisotopic (exact) mass is 427 g/mol. The summed E-state index contributed by atoms with van der Waals surface area (Å²) in [6, 6.07) is 23.7. The number of hydrogen-bond acceptors (Lipinski definition) is 5. The van der Waals surface area contributed by atoms with E-state index in [1.54, 1.807) is 47.0 Å². The molecular formula is C25H21N3O4. The molecule has 160 valence electrons. The third-order valence-corrected chi connectivity index (χ3v) is 4.94. The summed E-state index contributed by atoms with van der Waals surface area (Å²) >= 11 is 0. The second-order valence-electron chi connectivity index (χ2n) is 7.27. The van der Waals surface area contributed by atoms with E-state index in [9.17, 15) is 9.59 Å². The molecule has 4 rings (SSSR count). The molecule has 0 aliphatic rings. The van der Waals surface area contributed by atoms with Crippen molar-refractivity contribution < 1.29 is 13.9 Å². The molecule has 7 heteroatoms. The van der Waals surface area contributed by atoms with Crippen molar-refractivity contribution in [3.63, 3.8) is 0 Å². The number of para-hydroxylation sites is 2. The SMILES string of the molecule is N#Cc1cccc(COc2cccc(NC(=O)CCCn3c(=O)oc4ccccc43)c2)c1. The van der Waals surface area contributed by atoms with Gasteiger partial charge in [0.15, 0.2) is 5.58 Å². The van der Waals surface area contributed by atoms with Crippen LogP contribution in [-0.2, 0) is 17.9 Å². The Morgan fingerprint density at radius 1 is 1.06 bits per heavy atom. The van der Waals surface area contributed by atoms with Gasteiger partial charge in [-0.3, -0.25) is 9.36 Å². The summed E-state index contributed by atoms with van der Waals surface area (Å²) < 4.78 is 12.5. The lowest BCUT2D eigenvalue weighted by Gasteiger charge is -2.10. The molecule has 0 saturated carbocycles. The molecule has 3 aromatic carbocycles. The number of nitrogens with zero attached hydrogens (tertiary/aromatic N) is 2. The first-order valence-corrected chi connectivity index (χ1v) is 10.2. The topological polar surface area (TPSA) is 97.3 Å². The first-order valence-electron chi connectivity index (χ1n) is 10.2. The number of hydrogen-bond donors (Lipinski definition) is 1. The van der Waals surface area contributed by atoms with Gasteiger partial charge in [0, 0.05) is 24.7 Å². The molecule has 1 N–H and O–H groups in total. The lowest BCUT2D eigenvalue weighted by atomic mass is 10.1. The molecular weight excluding hydrogens is 406 g/mol. The van der Waals surface area contributed by atoms with Crippen LogP contribution in [0.5, 0.6) is 5.75 Å². The molecule has 0 radical (unpaired) electrons. The zero-order valence-corrected chi connectivity index (χ0v) is 17.3. The molecule has 0 bridgehead atoms. The molecule has 0 atom stereocenters. The zero-order valence-electron chi connectivity index (χ0n) is 17.3. The number of benzene rings is 3. The molecule has 32 heavy (non-hydrogen) atoms. The number of nitrogens with one attached hydrogen (secondary N) is 1. The minimum Gasteiger partial charge on any atom is -0.489 e. The molecule has 0 unspecified atom stereocenters. The van der Waals surface area contributed by atoms with Crippen LogP contribution >= 0.6 is 0 Å². The van der Waals surface area contributed by atoms with E-state index in [2.05, 4.69) is 11.4 Å². The summed E-state index contributed by atoms with van der Waals surface area (Å²) in [4.78, 5) is 24.4. The standard InChI is InChI=1S/C25H21N3O4/c26-16-18-6-3-7-19(14-18)17-31-21-9-4-8-20(15-21)27-24(29)12-5-13-28-22-10-1-2-11-23(22)32-25(28)30/h1-4,6-11,14-15H,5,12-13,17H2,(H,27,29). The number of aryl methyl sites for hydroxylation is 1. The van der Waals surface area contributed by atoms with Crippen LogP contribution < -0.4 is 15.8 Å². The van der Waals surface area contributed by atoms with Crippen molar-refractivity contribution in [1.82, 2.24) is 4.57 Å². The fourth-order valence-corrected chi connectivity index (χ4v) is 3.41. The van der Waals surface area contributed by atoms with Crippen LogP contribution in [0.4, 0.5) is 5.69 Å².